The molecule has 2 nitrogen and oxygen atoms in total. The third-order valence-electron chi connectivity index (χ3n) is 3.03. The highest BCUT2D eigenvalue weighted by molar-refractivity contribution is 6.31. The molecule has 0 spiro atoms. The van der Waals surface area contributed by atoms with Gasteiger partial charge in [-0.3, -0.25) is 0 Å². The fourth-order valence-electron chi connectivity index (χ4n) is 1.89. The summed E-state index contributed by atoms with van der Waals surface area (Å²) in [5, 5.41) is 4.23. The zero-order chi connectivity index (χ0) is 15.2. The van der Waals surface area contributed by atoms with Gasteiger partial charge < -0.3 is 10.1 Å². The van der Waals surface area contributed by atoms with Gasteiger partial charge in [0.2, 0.25) is 0 Å². The first-order valence-electron chi connectivity index (χ1n) is 6.66. The third-order valence-corrected chi connectivity index (χ3v) is 3.73. The lowest BCUT2D eigenvalue weighted by molar-refractivity contribution is 0.302. The Morgan fingerprint density at radius 3 is 2.67 bits per heavy atom. The Kier molecular flexibility index (Phi) is 5.85. The maximum absolute atomic E-state index is 13.0. The number of hydrogen-bond donors (Lipinski definition) is 1. The van der Waals surface area contributed by atoms with E-state index in [4.69, 9.17) is 27.9 Å². The van der Waals surface area contributed by atoms with Crippen LogP contribution in [0.1, 0.15) is 18.1 Å². The van der Waals surface area contributed by atoms with E-state index in [0.29, 0.717) is 22.3 Å². The second kappa shape index (κ2) is 7.64. The minimum atomic E-state index is -0.362. The largest absolute Gasteiger partial charge is 0.488 e. The monoisotopic (exact) mass is 327 g/mol. The number of halogens is 3. The van der Waals surface area contributed by atoms with Crippen LogP contribution in [0.5, 0.6) is 5.75 Å². The highest BCUT2D eigenvalue weighted by Gasteiger charge is 2.09. The average molecular weight is 328 g/mol. The van der Waals surface area contributed by atoms with Gasteiger partial charge in [0, 0.05) is 22.7 Å². The van der Waals surface area contributed by atoms with E-state index >= 15 is 0 Å². The van der Waals surface area contributed by atoms with Gasteiger partial charge in [-0.2, -0.15) is 0 Å². The Balaban J connectivity index is 2.14. The highest BCUT2D eigenvalue weighted by Crippen LogP contribution is 2.28. The smallest absolute Gasteiger partial charge is 0.125 e. The molecule has 0 fully saturated rings. The topological polar surface area (TPSA) is 21.3 Å². The van der Waals surface area contributed by atoms with Crippen LogP contribution in [0.3, 0.4) is 0 Å². The predicted molar refractivity (Wildman–Crippen MR) is 84.6 cm³/mol. The number of benzene rings is 2. The molecule has 0 aliphatic carbocycles. The van der Waals surface area contributed by atoms with Crippen molar-refractivity contribution in [2.75, 3.05) is 6.54 Å². The maximum Gasteiger partial charge on any atom is 0.125 e. The van der Waals surface area contributed by atoms with Gasteiger partial charge in [-0.1, -0.05) is 42.3 Å². The highest BCUT2D eigenvalue weighted by atomic mass is 35.5. The van der Waals surface area contributed by atoms with Crippen LogP contribution in [0.25, 0.3) is 0 Å². The molecule has 2 rings (SSSR count). The molecule has 2 aromatic carbocycles. The van der Waals surface area contributed by atoms with Gasteiger partial charge in [0.15, 0.2) is 0 Å². The van der Waals surface area contributed by atoms with Crippen molar-refractivity contribution >= 4 is 23.2 Å². The summed E-state index contributed by atoms with van der Waals surface area (Å²) in [4.78, 5) is 0. The molecular weight excluding hydrogens is 312 g/mol. The Bertz CT molecular complexity index is 619. The van der Waals surface area contributed by atoms with Crippen LogP contribution in [0, 0.1) is 5.82 Å². The SMILES string of the molecule is CCNCc1c(Cl)cccc1OCc1ccc(F)cc1Cl. The Morgan fingerprint density at radius 1 is 1.14 bits per heavy atom. The lowest BCUT2D eigenvalue weighted by atomic mass is 10.2. The van der Waals surface area contributed by atoms with Gasteiger partial charge in [0.1, 0.15) is 18.2 Å². The van der Waals surface area contributed by atoms with Crippen molar-refractivity contribution in [2.24, 2.45) is 0 Å². The first-order chi connectivity index (χ1) is 10.1. The van der Waals surface area contributed by atoms with Gasteiger partial charge in [-0.05, 0) is 30.8 Å². The van der Waals surface area contributed by atoms with Crippen LogP contribution < -0.4 is 10.1 Å². The molecule has 21 heavy (non-hydrogen) atoms. The van der Waals surface area contributed by atoms with Gasteiger partial charge in [0.05, 0.1) is 5.02 Å². The molecule has 0 aliphatic heterocycles. The molecule has 0 aliphatic rings. The molecule has 0 atom stereocenters. The fraction of sp³-hybridized carbons (Fsp3) is 0.250. The van der Waals surface area contributed by atoms with Gasteiger partial charge in [0.25, 0.3) is 0 Å². The Morgan fingerprint density at radius 2 is 1.95 bits per heavy atom. The summed E-state index contributed by atoms with van der Waals surface area (Å²) >= 11 is 12.2. The molecule has 0 bridgehead atoms. The normalized spacial score (nSPS) is 10.7. The van der Waals surface area contributed by atoms with E-state index in [1.54, 1.807) is 6.07 Å². The van der Waals surface area contributed by atoms with E-state index in [1.165, 1.54) is 12.1 Å². The van der Waals surface area contributed by atoms with Crippen LogP contribution in [0.15, 0.2) is 36.4 Å². The van der Waals surface area contributed by atoms with Crippen LogP contribution in [-0.4, -0.2) is 6.54 Å². The molecule has 0 saturated carbocycles. The van der Waals surface area contributed by atoms with E-state index in [-0.39, 0.29) is 12.4 Å². The Hall–Kier alpha value is -1.29. The summed E-state index contributed by atoms with van der Waals surface area (Å²) in [7, 11) is 0. The zero-order valence-corrected chi connectivity index (χ0v) is 13.1. The summed E-state index contributed by atoms with van der Waals surface area (Å²) in [5.74, 6) is 0.336. The fourth-order valence-corrected chi connectivity index (χ4v) is 2.34. The first kappa shape index (κ1) is 16.1. The number of nitrogens with one attached hydrogen (secondary N) is 1. The summed E-state index contributed by atoms with van der Waals surface area (Å²) < 4.78 is 18.8. The van der Waals surface area contributed by atoms with Crippen molar-refractivity contribution in [3.63, 3.8) is 0 Å². The number of ether oxygens (including phenoxy) is 1. The summed E-state index contributed by atoms with van der Waals surface area (Å²) in [6.07, 6.45) is 0. The molecule has 0 aromatic heterocycles. The zero-order valence-electron chi connectivity index (χ0n) is 11.6. The second-order valence-corrected chi connectivity index (χ2v) is 5.34. The summed E-state index contributed by atoms with van der Waals surface area (Å²) in [6, 6.07) is 9.77. The van der Waals surface area contributed by atoms with Gasteiger partial charge >= 0.3 is 0 Å². The van der Waals surface area contributed by atoms with Crippen molar-refractivity contribution in [1.82, 2.24) is 5.32 Å². The number of hydrogen-bond acceptors (Lipinski definition) is 2. The molecule has 5 heteroatoms. The summed E-state index contributed by atoms with van der Waals surface area (Å²) in [6.45, 7) is 3.76. The molecule has 0 radical (unpaired) electrons. The molecule has 1 N–H and O–H groups in total. The third kappa shape index (κ3) is 4.34. The second-order valence-electron chi connectivity index (χ2n) is 4.52. The van der Waals surface area contributed by atoms with E-state index < -0.39 is 0 Å². The quantitative estimate of drug-likeness (QED) is 0.821. The van der Waals surface area contributed by atoms with Crippen molar-refractivity contribution in [1.29, 1.82) is 0 Å². The predicted octanol–water partition coefficient (Wildman–Crippen LogP) is 4.82. The van der Waals surface area contributed by atoms with Crippen LogP contribution in [0.2, 0.25) is 10.0 Å². The maximum atomic E-state index is 13.0. The lowest BCUT2D eigenvalue weighted by Crippen LogP contribution is -2.13. The van der Waals surface area contributed by atoms with E-state index in [9.17, 15) is 4.39 Å². The molecular formula is C16H16Cl2FNO. The Labute approximate surface area is 133 Å². The van der Waals surface area contributed by atoms with E-state index in [1.807, 2.05) is 25.1 Å². The number of rotatable bonds is 6. The van der Waals surface area contributed by atoms with Crippen molar-refractivity contribution in [2.45, 2.75) is 20.1 Å². The van der Waals surface area contributed by atoms with E-state index in [0.717, 1.165) is 17.7 Å². The molecule has 112 valence electrons. The first-order valence-corrected chi connectivity index (χ1v) is 7.42. The van der Waals surface area contributed by atoms with Crippen LogP contribution in [0.4, 0.5) is 4.39 Å². The van der Waals surface area contributed by atoms with Crippen LogP contribution >= 0.6 is 23.2 Å². The molecule has 0 heterocycles. The minimum Gasteiger partial charge on any atom is -0.488 e. The lowest BCUT2D eigenvalue weighted by Gasteiger charge is -2.14. The van der Waals surface area contributed by atoms with Gasteiger partial charge in [-0.15, -0.1) is 0 Å². The van der Waals surface area contributed by atoms with Gasteiger partial charge in [-0.25, -0.2) is 4.39 Å². The summed E-state index contributed by atoms with van der Waals surface area (Å²) in [5.41, 5.74) is 1.63. The molecule has 0 unspecified atom stereocenters. The molecule has 0 amide bonds. The van der Waals surface area contributed by atoms with Crippen molar-refractivity contribution in [3.05, 3.63) is 63.4 Å². The van der Waals surface area contributed by atoms with Crippen molar-refractivity contribution < 1.29 is 9.13 Å². The average Bonchev–Trinajstić information content (AvgIpc) is 2.45. The molecule has 2 aromatic rings. The van der Waals surface area contributed by atoms with Crippen LogP contribution in [-0.2, 0) is 13.2 Å². The standard InChI is InChI=1S/C16H16Cl2FNO/c1-2-20-9-13-14(17)4-3-5-16(13)21-10-11-6-7-12(19)8-15(11)18/h3-8,20H,2,9-10H2,1H3. The molecule has 0 saturated heterocycles. The van der Waals surface area contributed by atoms with E-state index in [2.05, 4.69) is 5.32 Å². The minimum absolute atomic E-state index is 0.262. The van der Waals surface area contributed by atoms with Crippen molar-refractivity contribution in [3.8, 4) is 5.75 Å².